The summed E-state index contributed by atoms with van der Waals surface area (Å²) in [6.07, 6.45) is 8.17. The van der Waals surface area contributed by atoms with Gasteiger partial charge in [0.1, 0.15) is 0 Å². The van der Waals surface area contributed by atoms with Crippen LogP contribution in [0, 0.1) is 5.92 Å². The summed E-state index contributed by atoms with van der Waals surface area (Å²) in [6.45, 7) is 6.57. The standard InChI is InChI=1S/C13H25NO/c1-11(12-6-3-4-7-12)14-10-13(2)8-5-9-15-13/h11-12,14H,3-10H2,1-2H3. The molecule has 1 aliphatic carbocycles. The summed E-state index contributed by atoms with van der Waals surface area (Å²) in [7, 11) is 0. The minimum atomic E-state index is 0.118. The van der Waals surface area contributed by atoms with Gasteiger partial charge in [-0.15, -0.1) is 0 Å². The van der Waals surface area contributed by atoms with Crippen LogP contribution in [0.4, 0.5) is 0 Å². The maximum absolute atomic E-state index is 5.79. The summed E-state index contributed by atoms with van der Waals surface area (Å²) in [5.41, 5.74) is 0.118. The lowest BCUT2D eigenvalue weighted by molar-refractivity contribution is 0.0177. The summed E-state index contributed by atoms with van der Waals surface area (Å²) in [4.78, 5) is 0. The molecule has 0 aromatic carbocycles. The van der Waals surface area contributed by atoms with Crippen LogP contribution < -0.4 is 5.32 Å². The quantitative estimate of drug-likeness (QED) is 0.772. The van der Waals surface area contributed by atoms with E-state index in [4.69, 9.17) is 4.74 Å². The van der Waals surface area contributed by atoms with E-state index >= 15 is 0 Å². The molecule has 1 saturated carbocycles. The Bertz CT molecular complexity index is 193. The lowest BCUT2D eigenvalue weighted by Crippen LogP contribution is -2.43. The van der Waals surface area contributed by atoms with Crippen molar-refractivity contribution < 1.29 is 4.74 Å². The Kier molecular flexibility index (Phi) is 3.68. The summed E-state index contributed by atoms with van der Waals surface area (Å²) in [6, 6.07) is 0.675. The number of rotatable bonds is 4. The summed E-state index contributed by atoms with van der Waals surface area (Å²) in [5, 5.41) is 3.68. The van der Waals surface area contributed by atoms with Gasteiger partial charge in [0.25, 0.3) is 0 Å². The SMILES string of the molecule is CC(NCC1(C)CCCO1)C1CCCC1. The first-order valence-corrected chi connectivity index (χ1v) is 6.57. The smallest absolute Gasteiger partial charge is 0.0779 e. The van der Waals surface area contributed by atoms with E-state index in [1.54, 1.807) is 0 Å². The summed E-state index contributed by atoms with van der Waals surface area (Å²) >= 11 is 0. The molecule has 1 aliphatic heterocycles. The highest BCUT2D eigenvalue weighted by atomic mass is 16.5. The monoisotopic (exact) mass is 211 g/mol. The first-order chi connectivity index (χ1) is 7.20. The molecular weight excluding hydrogens is 186 g/mol. The van der Waals surface area contributed by atoms with Crippen LogP contribution in [0.2, 0.25) is 0 Å². The first-order valence-electron chi connectivity index (χ1n) is 6.57. The Morgan fingerprint density at radius 2 is 2.07 bits per heavy atom. The van der Waals surface area contributed by atoms with Crippen LogP contribution in [0.1, 0.15) is 52.4 Å². The van der Waals surface area contributed by atoms with Crippen molar-refractivity contribution >= 4 is 0 Å². The molecule has 0 radical (unpaired) electrons. The predicted octanol–water partition coefficient (Wildman–Crippen LogP) is 2.72. The molecule has 2 nitrogen and oxygen atoms in total. The third-order valence-electron chi connectivity index (χ3n) is 4.21. The van der Waals surface area contributed by atoms with Gasteiger partial charge in [0.2, 0.25) is 0 Å². The first kappa shape index (κ1) is 11.4. The fraction of sp³-hybridized carbons (Fsp3) is 1.00. The van der Waals surface area contributed by atoms with Gasteiger partial charge in [0, 0.05) is 19.2 Å². The molecule has 1 N–H and O–H groups in total. The Hall–Kier alpha value is -0.0800. The van der Waals surface area contributed by atoms with Crippen molar-refractivity contribution in [3.05, 3.63) is 0 Å². The second kappa shape index (κ2) is 4.84. The van der Waals surface area contributed by atoms with Crippen LogP contribution in [-0.4, -0.2) is 24.8 Å². The number of ether oxygens (including phenoxy) is 1. The molecule has 88 valence electrons. The average Bonchev–Trinajstić information content (AvgIpc) is 2.85. The lowest BCUT2D eigenvalue weighted by atomic mass is 9.97. The van der Waals surface area contributed by atoms with E-state index in [9.17, 15) is 0 Å². The fourth-order valence-electron chi connectivity index (χ4n) is 2.98. The topological polar surface area (TPSA) is 21.3 Å². The zero-order valence-corrected chi connectivity index (χ0v) is 10.2. The fourth-order valence-corrected chi connectivity index (χ4v) is 2.98. The van der Waals surface area contributed by atoms with Gasteiger partial charge < -0.3 is 10.1 Å². The lowest BCUT2D eigenvalue weighted by Gasteiger charge is -2.28. The minimum absolute atomic E-state index is 0.118. The summed E-state index contributed by atoms with van der Waals surface area (Å²) in [5.74, 6) is 0.912. The molecule has 0 amide bonds. The molecule has 2 heteroatoms. The zero-order chi connectivity index (χ0) is 10.7. The van der Waals surface area contributed by atoms with E-state index in [1.807, 2.05) is 0 Å². The maximum Gasteiger partial charge on any atom is 0.0779 e. The molecule has 2 aliphatic rings. The molecule has 1 heterocycles. The molecule has 1 saturated heterocycles. The normalized spacial score (nSPS) is 34.8. The number of nitrogens with one attached hydrogen (secondary N) is 1. The zero-order valence-electron chi connectivity index (χ0n) is 10.2. The van der Waals surface area contributed by atoms with Crippen LogP contribution in [0.5, 0.6) is 0 Å². The average molecular weight is 211 g/mol. The number of hydrogen-bond donors (Lipinski definition) is 1. The third kappa shape index (κ3) is 2.94. The van der Waals surface area contributed by atoms with E-state index in [-0.39, 0.29) is 5.60 Å². The minimum Gasteiger partial charge on any atom is -0.374 e. The van der Waals surface area contributed by atoms with Crippen molar-refractivity contribution in [3.63, 3.8) is 0 Å². The van der Waals surface area contributed by atoms with Crippen molar-refractivity contribution in [2.45, 2.75) is 64.0 Å². The van der Waals surface area contributed by atoms with Gasteiger partial charge >= 0.3 is 0 Å². The van der Waals surface area contributed by atoms with Gasteiger partial charge in [-0.3, -0.25) is 0 Å². The van der Waals surface area contributed by atoms with Gasteiger partial charge in [0.15, 0.2) is 0 Å². The third-order valence-corrected chi connectivity index (χ3v) is 4.21. The van der Waals surface area contributed by atoms with Gasteiger partial charge in [-0.05, 0) is 45.4 Å². The van der Waals surface area contributed by atoms with Crippen molar-refractivity contribution in [1.82, 2.24) is 5.32 Å². The van der Waals surface area contributed by atoms with Crippen LogP contribution >= 0.6 is 0 Å². The molecule has 0 aromatic rings. The van der Waals surface area contributed by atoms with E-state index in [0.717, 1.165) is 19.1 Å². The highest BCUT2D eigenvalue weighted by molar-refractivity contribution is 4.85. The van der Waals surface area contributed by atoms with Crippen molar-refractivity contribution in [2.75, 3.05) is 13.2 Å². The Labute approximate surface area is 93.8 Å². The molecule has 0 aromatic heterocycles. The summed E-state index contributed by atoms with van der Waals surface area (Å²) < 4.78 is 5.79. The highest BCUT2D eigenvalue weighted by Crippen LogP contribution is 2.29. The van der Waals surface area contributed by atoms with Gasteiger partial charge in [-0.1, -0.05) is 12.8 Å². The highest BCUT2D eigenvalue weighted by Gasteiger charge is 2.31. The van der Waals surface area contributed by atoms with E-state index in [2.05, 4.69) is 19.2 Å². The predicted molar refractivity (Wildman–Crippen MR) is 63.0 cm³/mol. The van der Waals surface area contributed by atoms with Crippen molar-refractivity contribution in [1.29, 1.82) is 0 Å². The van der Waals surface area contributed by atoms with E-state index in [1.165, 1.54) is 38.5 Å². The molecule has 0 bridgehead atoms. The molecule has 2 fully saturated rings. The Morgan fingerprint density at radius 3 is 2.67 bits per heavy atom. The Morgan fingerprint density at radius 1 is 1.33 bits per heavy atom. The van der Waals surface area contributed by atoms with Gasteiger partial charge in [0.05, 0.1) is 5.60 Å². The Balaban J connectivity index is 1.72. The van der Waals surface area contributed by atoms with Crippen molar-refractivity contribution in [2.24, 2.45) is 5.92 Å². The molecule has 2 unspecified atom stereocenters. The van der Waals surface area contributed by atoms with Crippen molar-refractivity contribution in [3.8, 4) is 0 Å². The molecule has 2 rings (SSSR count). The second-order valence-corrected chi connectivity index (χ2v) is 5.62. The maximum atomic E-state index is 5.79. The molecule has 0 spiro atoms. The number of hydrogen-bond acceptors (Lipinski definition) is 2. The van der Waals surface area contributed by atoms with Crippen LogP contribution in [0.3, 0.4) is 0 Å². The van der Waals surface area contributed by atoms with Crippen LogP contribution in [-0.2, 0) is 4.74 Å². The molecule has 2 atom stereocenters. The molecular formula is C13H25NO. The van der Waals surface area contributed by atoms with Gasteiger partial charge in [-0.25, -0.2) is 0 Å². The van der Waals surface area contributed by atoms with Crippen LogP contribution in [0.25, 0.3) is 0 Å². The molecule has 15 heavy (non-hydrogen) atoms. The van der Waals surface area contributed by atoms with E-state index < -0.39 is 0 Å². The van der Waals surface area contributed by atoms with Crippen LogP contribution in [0.15, 0.2) is 0 Å². The largest absolute Gasteiger partial charge is 0.374 e. The van der Waals surface area contributed by atoms with E-state index in [0.29, 0.717) is 6.04 Å². The van der Waals surface area contributed by atoms with Gasteiger partial charge in [-0.2, -0.15) is 0 Å². The second-order valence-electron chi connectivity index (χ2n) is 5.62.